The topological polar surface area (TPSA) is 105 Å². The highest BCUT2D eigenvalue weighted by Crippen LogP contribution is 2.19. The Morgan fingerprint density at radius 2 is 1.54 bits per heavy atom. The SMILES string of the molecule is O=C(N/N=C(\c1ccccc1)[C@H](O)c1ccccc1)c1cccc([N+](=O)[O-])c1. The zero-order valence-corrected chi connectivity index (χ0v) is 14.7. The zero-order chi connectivity index (χ0) is 19.9. The maximum atomic E-state index is 12.4. The Morgan fingerprint density at radius 3 is 2.18 bits per heavy atom. The summed E-state index contributed by atoms with van der Waals surface area (Å²) < 4.78 is 0. The van der Waals surface area contributed by atoms with Crippen molar-refractivity contribution in [2.75, 3.05) is 0 Å². The molecule has 0 spiro atoms. The van der Waals surface area contributed by atoms with Crippen molar-refractivity contribution in [3.8, 4) is 0 Å². The van der Waals surface area contributed by atoms with E-state index >= 15 is 0 Å². The Bertz CT molecular complexity index is 1000. The molecule has 0 saturated heterocycles. The van der Waals surface area contributed by atoms with Gasteiger partial charge in [-0.3, -0.25) is 14.9 Å². The van der Waals surface area contributed by atoms with E-state index in [9.17, 15) is 20.0 Å². The minimum absolute atomic E-state index is 0.0968. The van der Waals surface area contributed by atoms with Gasteiger partial charge in [-0.2, -0.15) is 5.10 Å². The Balaban J connectivity index is 1.90. The first-order valence-electron chi connectivity index (χ1n) is 8.47. The summed E-state index contributed by atoms with van der Waals surface area (Å²) in [5.74, 6) is -0.614. The molecule has 0 aliphatic rings. The minimum atomic E-state index is -1.06. The quantitative estimate of drug-likeness (QED) is 0.391. The molecule has 0 heterocycles. The number of nitrogens with zero attached hydrogens (tertiary/aromatic N) is 2. The van der Waals surface area contributed by atoms with Gasteiger partial charge < -0.3 is 5.11 Å². The third-order valence-corrected chi connectivity index (χ3v) is 4.04. The summed E-state index contributed by atoms with van der Waals surface area (Å²) >= 11 is 0. The second-order valence-corrected chi connectivity index (χ2v) is 5.92. The van der Waals surface area contributed by atoms with Crippen molar-refractivity contribution in [3.63, 3.8) is 0 Å². The average Bonchev–Trinajstić information content (AvgIpc) is 2.75. The van der Waals surface area contributed by atoms with Gasteiger partial charge in [-0.25, -0.2) is 5.43 Å². The van der Waals surface area contributed by atoms with Crippen molar-refractivity contribution in [2.45, 2.75) is 6.10 Å². The van der Waals surface area contributed by atoms with Crippen LogP contribution in [0, 0.1) is 10.1 Å². The Kier molecular flexibility index (Phi) is 5.88. The fourth-order valence-electron chi connectivity index (χ4n) is 2.62. The smallest absolute Gasteiger partial charge is 0.271 e. The molecule has 140 valence electrons. The van der Waals surface area contributed by atoms with Crippen molar-refractivity contribution < 1.29 is 14.8 Å². The first kappa shape index (κ1) is 18.9. The molecule has 0 fully saturated rings. The number of hydrogen-bond donors (Lipinski definition) is 2. The maximum absolute atomic E-state index is 12.4. The summed E-state index contributed by atoms with van der Waals surface area (Å²) in [6.45, 7) is 0. The Morgan fingerprint density at radius 1 is 0.929 bits per heavy atom. The van der Waals surface area contributed by atoms with Gasteiger partial charge in [0.05, 0.1) is 4.92 Å². The predicted molar refractivity (Wildman–Crippen MR) is 105 cm³/mol. The normalized spacial score (nSPS) is 12.2. The van der Waals surface area contributed by atoms with Crippen molar-refractivity contribution >= 4 is 17.3 Å². The van der Waals surface area contributed by atoms with Gasteiger partial charge in [0.2, 0.25) is 0 Å². The molecule has 0 aromatic heterocycles. The second kappa shape index (κ2) is 8.70. The number of carbonyl (C=O) groups is 1. The second-order valence-electron chi connectivity index (χ2n) is 5.92. The summed E-state index contributed by atoms with van der Waals surface area (Å²) in [5, 5.41) is 25.8. The lowest BCUT2D eigenvalue weighted by Gasteiger charge is -2.15. The molecule has 3 aromatic carbocycles. The van der Waals surface area contributed by atoms with Gasteiger partial charge in [-0.1, -0.05) is 66.7 Å². The summed E-state index contributed by atoms with van der Waals surface area (Å²) in [6.07, 6.45) is -1.06. The van der Waals surface area contributed by atoms with Gasteiger partial charge in [0, 0.05) is 23.3 Å². The van der Waals surface area contributed by atoms with Crippen molar-refractivity contribution in [1.29, 1.82) is 0 Å². The first-order chi connectivity index (χ1) is 13.6. The molecule has 0 aliphatic heterocycles. The predicted octanol–water partition coefficient (Wildman–Crippen LogP) is 3.46. The zero-order valence-electron chi connectivity index (χ0n) is 14.7. The molecular weight excluding hydrogens is 358 g/mol. The van der Waals surface area contributed by atoms with Gasteiger partial charge >= 0.3 is 0 Å². The van der Waals surface area contributed by atoms with E-state index in [0.717, 1.165) is 0 Å². The molecule has 2 N–H and O–H groups in total. The van der Waals surface area contributed by atoms with Crippen molar-refractivity contribution in [1.82, 2.24) is 5.43 Å². The summed E-state index contributed by atoms with van der Waals surface area (Å²) in [4.78, 5) is 22.7. The highest BCUT2D eigenvalue weighted by molar-refractivity contribution is 6.05. The van der Waals surface area contributed by atoms with E-state index in [2.05, 4.69) is 10.5 Å². The van der Waals surface area contributed by atoms with Gasteiger partial charge in [-0.15, -0.1) is 0 Å². The third-order valence-electron chi connectivity index (χ3n) is 4.04. The van der Waals surface area contributed by atoms with Crippen LogP contribution >= 0.6 is 0 Å². The van der Waals surface area contributed by atoms with Gasteiger partial charge in [0.15, 0.2) is 0 Å². The number of amides is 1. The summed E-state index contributed by atoms with van der Waals surface area (Å²) in [5.41, 5.74) is 3.80. The van der Waals surface area contributed by atoms with Crippen LogP contribution in [0.2, 0.25) is 0 Å². The molecular formula is C21H17N3O4. The largest absolute Gasteiger partial charge is 0.382 e. The van der Waals surface area contributed by atoms with Crippen LogP contribution in [0.25, 0.3) is 0 Å². The molecule has 3 aromatic rings. The van der Waals surface area contributed by atoms with Crippen LogP contribution in [0.3, 0.4) is 0 Å². The molecule has 0 unspecified atom stereocenters. The lowest BCUT2D eigenvalue weighted by molar-refractivity contribution is -0.384. The highest BCUT2D eigenvalue weighted by Gasteiger charge is 2.18. The van der Waals surface area contributed by atoms with E-state index in [4.69, 9.17) is 0 Å². The number of rotatable bonds is 6. The fraction of sp³-hybridized carbons (Fsp3) is 0.0476. The maximum Gasteiger partial charge on any atom is 0.271 e. The molecule has 28 heavy (non-hydrogen) atoms. The molecule has 0 radical (unpaired) electrons. The number of nitro groups is 1. The molecule has 7 heteroatoms. The van der Waals surface area contributed by atoms with Crippen LogP contribution in [0.5, 0.6) is 0 Å². The van der Waals surface area contributed by atoms with Crippen LogP contribution in [-0.2, 0) is 0 Å². The van der Waals surface area contributed by atoms with Gasteiger partial charge in [0.25, 0.3) is 11.6 Å². The lowest BCUT2D eigenvalue weighted by atomic mass is 9.99. The molecule has 0 saturated carbocycles. The van der Waals surface area contributed by atoms with E-state index in [0.29, 0.717) is 11.1 Å². The minimum Gasteiger partial charge on any atom is -0.382 e. The van der Waals surface area contributed by atoms with E-state index in [-0.39, 0.29) is 17.0 Å². The average molecular weight is 375 g/mol. The van der Waals surface area contributed by atoms with Crippen molar-refractivity contribution in [2.24, 2.45) is 5.10 Å². The number of non-ortho nitro benzene ring substituents is 1. The Labute approximate surface area is 161 Å². The van der Waals surface area contributed by atoms with Gasteiger partial charge in [-0.05, 0) is 11.6 Å². The molecule has 7 nitrogen and oxygen atoms in total. The van der Waals surface area contributed by atoms with E-state index < -0.39 is 16.9 Å². The number of nitro benzene ring substituents is 1. The number of hydrogen-bond acceptors (Lipinski definition) is 5. The number of nitrogens with one attached hydrogen (secondary N) is 1. The fourth-order valence-corrected chi connectivity index (χ4v) is 2.62. The molecule has 3 rings (SSSR count). The van der Waals surface area contributed by atoms with E-state index in [1.807, 2.05) is 12.1 Å². The number of aliphatic hydroxyl groups excluding tert-OH is 1. The number of hydrazone groups is 1. The van der Waals surface area contributed by atoms with Gasteiger partial charge in [0.1, 0.15) is 11.8 Å². The number of carbonyl (C=O) groups excluding carboxylic acids is 1. The van der Waals surface area contributed by atoms with Crippen LogP contribution < -0.4 is 5.43 Å². The molecule has 0 bridgehead atoms. The molecule has 1 amide bonds. The highest BCUT2D eigenvalue weighted by atomic mass is 16.6. The van der Waals surface area contributed by atoms with Crippen LogP contribution in [0.15, 0.2) is 90.0 Å². The number of aliphatic hydroxyl groups is 1. The van der Waals surface area contributed by atoms with Crippen molar-refractivity contribution in [3.05, 3.63) is 112 Å². The van der Waals surface area contributed by atoms with Crippen LogP contribution in [0.4, 0.5) is 5.69 Å². The lowest BCUT2D eigenvalue weighted by Crippen LogP contribution is -2.23. The number of benzene rings is 3. The van der Waals surface area contributed by atoms with E-state index in [1.54, 1.807) is 48.5 Å². The molecule has 1 atom stereocenters. The monoisotopic (exact) mass is 375 g/mol. The standard InChI is InChI=1S/C21H17N3O4/c25-20(16-10-5-2-6-11-16)19(15-8-3-1-4-9-15)22-23-21(26)17-12-7-13-18(14-17)24(27)28/h1-14,20,25H,(H,23,26)/b22-19+/t20-/m1/s1. The molecule has 0 aliphatic carbocycles. The van der Waals surface area contributed by atoms with E-state index in [1.165, 1.54) is 24.3 Å². The summed E-state index contributed by atoms with van der Waals surface area (Å²) in [7, 11) is 0. The van der Waals surface area contributed by atoms with Crippen LogP contribution in [-0.4, -0.2) is 21.6 Å². The Hall–Kier alpha value is -3.84. The summed E-state index contributed by atoms with van der Waals surface area (Å²) in [6, 6.07) is 23.2. The third kappa shape index (κ3) is 4.46. The van der Waals surface area contributed by atoms with Crippen LogP contribution in [0.1, 0.15) is 27.6 Å². The first-order valence-corrected chi connectivity index (χ1v) is 8.47.